The molecule has 0 amide bonds. The van der Waals surface area contributed by atoms with Gasteiger partial charge in [-0.2, -0.15) is 0 Å². The van der Waals surface area contributed by atoms with Crippen molar-refractivity contribution < 1.29 is 9.53 Å². The molecule has 0 unspecified atom stereocenters. The lowest BCUT2D eigenvalue weighted by Crippen LogP contribution is -2.11. The van der Waals surface area contributed by atoms with Gasteiger partial charge >= 0.3 is 5.97 Å². The minimum absolute atomic E-state index is 0.343. The van der Waals surface area contributed by atoms with Crippen LogP contribution >= 0.6 is 0 Å². The summed E-state index contributed by atoms with van der Waals surface area (Å²) in [6.07, 6.45) is 5.43. The molecular weight excluding hydrogens is 266 g/mol. The van der Waals surface area contributed by atoms with Crippen LogP contribution in [0.3, 0.4) is 0 Å². The summed E-state index contributed by atoms with van der Waals surface area (Å²) in [5.41, 5.74) is 3.11. The van der Waals surface area contributed by atoms with Gasteiger partial charge in [0.05, 0.1) is 17.9 Å². The number of aromatic nitrogens is 3. The topological polar surface area (TPSA) is 65.0 Å². The zero-order valence-corrected chi connectivity index (χ0v) is 12.2. The van der Waals surface area contributed by atoms with Gasteiger partial charge in [0.1, 0.15) is 5.69 Å². The van der Waals surface area contributed by atoms with Gasteiger partial charge in [-0.05, 0) is 44.4 Å². The maximum absolute atomic E-state index is 12.0. The number of aryl methyl sites for hydroxylation is 1. The normalized spacial score (nSPS) is 14.0. The summed E-state index contributed by atoms with van der Waals surface area (Å²) in [5.74, 6) is 0.563. The molecule has 0 N–H and O–H groups in total. The molecule has 2 aromatic rings. The molecule has 0 bridgehead atoms. The molecule has 0 aromatic carbocycles. The third kappa shape index (κ3) is 2.91. The molecule has 2 heterocycles. The molecule has 0 radical (unpaired) electrons. The summed E-state index contributed by atoms with van der Waals surface area (Å²) in [7, 11) is 0. The number of carbonyl (C=O) groups is 1. The number of nitrogens with zero attached hydrogens (tertiary/aromatic N) is 3. The summed E-state index contributed by atoms with van der Waals surface area (Å²) in [6.45, 7) is 4.14. The highest BCUT2D eigenvalue weighted by Crippen LogP contribution is 2.41. The third-order valence-corrected chi connectivity index (χ3v) is 3.42. The van der Waals surface area contributed by atoms with Gasteiger partial charge in [0.25, 0.3) is 0 Å². The van der Waals surface area contributed by atoms with Crippen LogP contribution in [0.5, 0.6) is 0 Å². The first-order valence-electron chi connectivity index (χ1n) is 7.16. The molecule has 5 nitrogen and oxygen atoms in total. The van der Waals surface area contributed by atoms with E-state index in [4.69, 9.17) is 4.74 Å². The van der Waals surface area contributed by atoms with Crippen LogP contribution in [-0.4, -0.2) is 27.5 Å². The van der Waals surface area contributed by atoms with Crippen molar-refractivity contribution >= 4 is 5.97 Å². The Hall–Kier alpha value is -2.30. The van der Waals surface area contributed by atoms with Crippen LogP contribution in [0.4, 0.5) is 0 Å². The lowest BCUT2D eigenvalue weighted by atomic mass is 10.1. The Bertz CT molecular complexity index is 681. The summed E-state index contributed by atoms with van der Waals surface area (Å²) in [6, 6.07) is 3.87. The first-order chi connectivity index (χ1) is 10.2. The van der Waals surface area contributed by atoms with E-state index in [1.807, 2.05) is 19.1 Å². The average Bonchev–Trinajstić information content (AvgIpc) is 3.31. The van der Waals surface area contributed by atoms with Crippen molar-refractivity contribution in [1.82, 2.24) is 15.0 Å². The van der Waals surface area contributed by atoms with Crippen molar-refractivity contribution in [2.45, 2.75) is 32.6 Å². The van der Waals surface area contributed by atoms with Crippen molar-refractivity contribution in [1.29, 1.82) is 0 Å². The molecule has 0 atom stereocenters. The fourth-order valence-corrected chi connectivity index (χ4v) is 2.21. The van der Waals surface area contributed by atoms with Crippen molar-refractivity contribution in [3.8, 4) is 11.5 Å². The van der Waals surface area contributed by atoms with Crippen LogP contribution < -0.4 is 0 Å². The first-order valence-corrected chi connectivity index (χ1v) is 7.16. The zero-order chi connectivity index (χ0) is 14.8. The summed E-state index contributed by atoms with van der Waals surface area (Å²) < 4.78 is 5.08. The maximum atomic E-state index is 12.0. The third-order valence-electron chi connectivity index (χ3n) is 3.42. The number of pyridine rings is 1. The van der Waals surface area contributed by atoms with E-state index in [-0.39, 0.29) is 5.97 Å². The fourth-order valence-electron chi connectivity index (χ4n) is 2.21. The summed E-state index contributed by atoms with van der Waals surface area (Å²) in [4.78, 5) is 25.1. The van der Waals surface area contributed by atoms with Gasteiger partial charge in [-0.1, -0.05) is 0 Å². The highest BCUT2D eigenvalue weighted by molar-refractivity contribution is 5.90. The van der Waals surface area contributed by atoms with Gasteiger partial charge in [-0.3, -0.25) is 4.98 Å². The number of hydrogen-bond donors (Lipinski definition) is 0. The molecule has 0 saturated heterocycles. The second-order valence-electron chi connectivity index (χ2n) is 5.21. The van der Waals surface area contributed by atoms with E-state index >= 15 is 0 Å². The molecule has 1 fully saturated rings. The van der Waals surface area contributed by atoms with E-state index in [9.17, 15) is 4.79 Å². The largest absolute Gasteiger partial charge is 0.462 e. The predicted molar refractivity (Wildman–Crippen MR) is 77.9 cm³/mol. The number of ether oxygens (including phenoxy) is 1. The van der Waals surface area contributed by atoms with E-state index in [0.29, 0.717) is 23.9 Å². The zero-order valence-electron chi connectivity index (χ0n) is 12.2. The minimum atomic E-state index is -0.344. The molecule has 0 aliphatic heterocycles. The lowest BCUT2D eigenvalue weighted by molar-refractivity contribution is 0.0524. The molecule has 1 aliphatic rings. The van der Waals surface area contributed by atoms with Crippen LogP contribution in [0.15, 0.2) is 24.5 Å². The Balaban J connectivity index is 2.01. The molecule has 21 heavy (non-hydrogen) atoms. The Morgan fingerprint density at radius 3 is 2.86 bits per heavy atom. The van der Waals surface area contributed by atoms with Gasteiger partial charge < -0.3 is 4.74 Å². The number of rotatable bonds is 4. The standard InChI is InChI=1S/C16H17N3O2/c1-3-21-16(20)12-9-18-15(19-14(12)11-4-5-11)13-8-10(2)6-7-17-13/h6-9,11H,3-5H2,1-2H3. The van der Waals surface area contributed by atoms with E-state index in [1.54, 1.807) is 19.3 Å². The minimum Gasteiger partial charge on any atom is -0.462 e. The van der Waals surface area contributed by atoms with Gasteiger partial charge in [-0.25, -0.2) is 14.8 Å². The van der Waals surface area contributed by atoms with Crippen LogP contribution in [0.1, 0.15) is 47.3 Å². The van der Waals surface area contributed by atoms with E-state index in [1.165, 1.54) is 0 Å². The Kier molecular flexibility index (Phi) is 3.64. The van der Waals surface area contributed by atoms with Crippen molar-refractivity contribution in [2.24, 2.45) is 0 Å². The van der Waals surface area contributed by atoms with E-state index in [0.717, 1.165) is 29.8 Å². The molecule has 1 saturated carbocycles. The number of esters is 1. The van der Waals surface area contributed by atoms with Crippen LogP contribution in [-0.2, 0) is 4.74 Å². The van der Waals surface area contributed by atoms with E-state index in [2.05, 4.69) is 15.0 Å². The van der Waals surface area contributed by atoms with Crippen molar-refractivity contribution in [2.75, 3.05) is 6.61 Å². The second-order valence-corrected chi connectivity index (χ2v) is 5.21. The molecule has 5 heteroatoms. The van der Waals surface area contributed by atoms with Crippen molar-refractivity contribution in [3.63, 3.8) is 0 Å². The molecule has 3 rings (SSSR count). The van der Waals surface area contributed by atoms with Gasteiger partial charge in [0, 0.05) is 18.3 Å². The molecule has 1 aliphatic carbocycles. The van der Waals surface area contributed by atoms with Crippen LogP contribution in [0.25, 0.3) is 11.5 Å². The maximum Gasteiger partial charge on any atom is 0.341 e. The lowest BCUT2D eigenvalue weighted by Gasteiger charge is -2.09. The summed E-state index contributed by atoms with van der Waals surface area (Å²) >= 11 is 0. The van der Waals surface area contributed by atoms with Gasteiger partial charge in [-0.15, -0.1) is 0 Å². The van der Waals surface area contributed by atoms with Gasteiger partial charge in [0.2, 0.25) is 0 Å². The van der Waals surface area contributed by atoms with E-state index < -0.39 is 0 Å². The Labute approximate surface area is 123 Å². The SMILES string of the molecule is CCOC(=O)c1cnc(-c2cc(C)ccn2)nc1C1CC1. The van der Waals surface area contributed by atoms with Crippen LogP contribution in [0.2, 0.25) is 0 Å². The van der Waals surface area contributed by atoms with Crippen LogP contribution in [0, 0.1) is 6.92 Å². The number of carbonyl (C=O) groups excluding carboxylic acids is 1. The Morgan fingerprint density at radius 1 is 1.38 bits per heavy atom. The Morgan fingerprint density at radius 2 is 2.19 bits per heavy atom. The smallest absolute Gasteiger partial charge is 0.341 e. The highest BCUT2D eigenvalue weighted by Gasteiger charge is 2.31. The predicted octanol–water partition coefficient (Wildman–Crippen LogP) is 2.90. The highest BCUT2D eigenvalue weighted by atomic mass is 16.5. The molecule has 0 spiro atoms. The first kappa shape index (κ1) is 13.7. The quantitative estimate of drug-likeness (QED) is 0.807. The molecule has 108 valence electrons. The average molecular weight is 283 g/mol. The van der Waals surface area contributed by atoms with Gasteiger partial charge in [0.15, 0.2) is 5.82 Å². The number of hydrogen-bond acceptors (Lipinski definition) is 5. The molecule has 2 aromatic heterocycles. The fraction of sp³-hybridized carbons (Fsp3) is 0.375. The molecular formula is C16H17N3O2. The van der Waals surface area contributed by atoms with Crippen molar-refractivity contribution in [3.05, 3.63) is 41.3 Å². The second kappa shape index (κ2) is 5.60. The monoisotopic (exact) mass is 283 g/mol. The summed E-state index contributed by atoms with van der Waals surface area (Å²) in [5, 5.41) is 0.